The number of hydrogen-bond donors (Lipinski definition) is 2. The van der Waals surface area contributed by atoms with E-state index in [0.29, 0.717) is 6.01 Å². The first-order chi connectivity index (χ1) is 8.74. The van der Waals surface area contributed by atoms with Gasteiger partial charge in [-0.3, -0.25) is 5.41 Å². The van der Waals surface area contributed by atoms with Gasteiger partial charge in [0, 0.05) is 19.0 Å². The highest BCUT2D eigenvalue weighted by molar-refractivity contribution is 5.80. The van der Waals surface area contributed by atoms with Gasteiger partial charge in [0.2, 0.25) is 0 Å². The van der Waals surface area contributed by atoms with Crippen molar-refractivity contribution in [1.29, 1.82) is 5.41 Å². The number of benzene rings is 1. The van der Waals surface area contributed by atoms with Crippen LogP contribution in [0.2, 0.25) is 0 Å². The molecule has 3 rings (SSSR count). The number of anilines is 1. The molecule has 94 valence electrons. The van der Waals surface area contributed by atoms with E-state index in [1.165, 1.54) is 0 Å². The van der Waals surface area contributed by atoms with Crippen LogP contribution < -0.4 is 10.6 Å². The van der Waals surface area contributed by atoms with Gasteiger partial charge < -0.3 is 15.1 Å². The van der Waals surface area contributed by atoms with Gasteiger partial charge >= 0.3 is 0 Å². The number of nitrogens with one attached hydrogen (secondary N) is 1. The molecule has 2 heterocycles. The minimum Gasteiger partial charge on any atom is -0.423 e. The van der Waals surface area contributed by atoms with E-state index in [2.05, 4.69) is 9.88 Å². The Hall–Kier alpha value is -2.04. The second-order valence-corrected chi connectivity index (χ2v) is 4.70. The minimum absolute atomic E-state index is 0.119. The van der Waals surface area contributed by atoms with E-state index in [-0.39, 0.29) is 11.8 Å². The molecule has 0 bridgehead atoms. The third-order valence-electron chi connectivity index (χ3n) is 3.41. The summed E-state index contributed by atoms with van der Waals surface area (Å²) in [7, 11) is 0. The van der Waals surface area contributed by atoms with Gasteiger partial charge in [0.1, 0.15) is 5.52 Å². The zero-order chi connectivity index (χ0) is 12.5. The van der Waals surface area contributed by atoms with Crippen molar-refractivity contribution in [2.45, 2.75) is 12.8 Å². The Morgan fingerprint density at radius 3 is 3.06 bits per heavy atom. The van der Waals surface area contributed by atoms with E-state index in [1.54, 1.807) is 0 Å². The molecule has 3 N–H and O–H groups in total. The van der Waals surface area contributed by atoms with Gasteiger partial charge in [-0.25, -0.2) is 0 Å². The van der Waals surface area contributed by atoms with Crippen LogP contribution >= 0.6 is 0 Å². The number of fused-ring (bicyclic) bond motifs is 1. The number of hydrogen-bond acceptors (Lipinski definition) is 4. The van der Waals surface area contributed by atoms with Gasteiger partial charge in [-0.2, -0.15) is 4.98 Å². The lowest BCUT2D eigenvalue weighted by atomic mass is 9.97. The molecule has 0 saturated carbocycles. The van der Waals surface area contributed by atoms with E-state index in [1.807, 2.05) is 24.3 Å². The van der Waals surface area contributed by atoms with E-state index in [4.69, 9.17) is 15.6 Å². The van der Waals surface area contributed by atoms with Gasteiger partial charge in [0.15, 0.2) is 5.58 Å². The summed E-state index contributed by atoms with van der Waals surface area (Å²) in [4.78, 5) is 6.56. The minimum atomic E-state index is 0.119. The molecule has 1 unspecified atom stereocenters. The molecule has 5 heteroatoms. The lowest BCUT2D eigenvalue weighted by Gasteiger charge is -2.30. The summed E-state index contributed by atoms with van der Waals surface area (Å²) in [5, 5.41) is 7.55. The largest absolute Gasteiger partial charge is 0.423 e. The lowest BCUT2D eigenvalue weighted by Crippen LogP contribution is -2.41. The van der Waals surface area contributed by atoms with Crippen LogP contribution in [0.15, 0.2) is 28.7 Å². The molecular weight excluding hydrogens is 228 g/mol. The number of aromatic nitrogens is 1. The van der Waals surface area contributed by atoms with Crippen LogP contribution in [-0.4, -0.2) is 23.9 Å². The fourth-order valence-corrected chi connectivity index (χ4v) is 2.40. The van der Waals surface area contributed by atoms with E-state index >= 15 is 0 Å². The van der Waals surface area contributed by atoms with Gasteiger partial charge in [-0.05, 0) is 25.0 Å². The molecule has 5 nitrogen and oxygen atoms in total. The molecule has 0 aliphatic carbocycles. The Morgan fingerprint density at radius 2 is 2.28 bits per heavy atom. The predicted molar refractivity (Wildman–Crippen MR) is 70.9 cm³/mol. The van der Waals surface area contributed by atoms with Gasteiger partial charge in [0.05, 0.1) is 5.84 Å². The smallest absolute Gasteiger partial charge is 0.298 e. The molecule has 1 fully saturated rings. The van der Waals surface area contributed by atoms with Gasteiger partial charge in [0.25, 0.3) is 6.01 Å². The predicted octanol–water partition coefficient (Wildman–Crippen LogP) is 1.98. The van der Waals surface area contributed by atoms with Gasteiger partial charge in [-0.1, -0.05) is 12.1 Å². The van der Waals surface area contributed by atoms with Crippen LogP contribution in [0.4, 0.5) is 6.01 Å². The zero-order valence-corrected chi connectivity index (χ0v) is 10.1. The van der Waals surface area contributed by atoms with Crippen LogP contribution in [0.3, 0.4) is 0 Å². The zero-order valence-electron chi connectivity index (χ0n) is 10.1. The number of rotatable bonds is 2. The molecule has 0 radical (unpaired) electrons. The summed E-state index contributed by atoms with van der Waals surface area (Å²) >= 11 is 0. The van der Waals surface area contributed by atoms with Crippen LogP contribution in [0, 0.1) is 11.3 Å². The van der Waals surface area contributed by atoms with Crippen molar-refractivity contribution in [2.75, 3.05) is 18.0 Å². The van der Waals surface area contributed by atoms with Crippen LogP contribution in [0.5, 0.6) is 0 Å². The Labute approximate surface area is 105 Å². The monoisotopic (exact) mass is 244 g/mol. The van der Waals surface area contributed by atoms with Crippen molar-refractivity contribution < 1.29 is 4.42 Å². The number of nitrogens with zero attached hydrogens (tertiary/aromatic N) is 2. The number of nitrogens with two attached hydrogens (primary N) is 1. The molecule has 1 aromatic heterocycles. The number of para-hydroxylation sites is 2. The van der Waals surface area contributed by atoms with Crippen LogP contribution in [-0.2, 0) is 0 Å². The molecule has 1 saturated heterocycles. The van der Waals surface area contributed by atoms with Crippen molar-refractivity contribution in [3.63, 3.8) is 0 Å². The Balaban J connectivity index is 1.87. The maximum atomic E-state index is 7.55. The van der Waals surface area contributed by atoms with Crippen molar-refractivity contribution in [3.8, 4) is 0 Å². The second kappa shape index (κ2) is 4.33. The summed E-state index contributed by atoms with van der Waals surface area (Å²) in [6, 6.07) is 8.38. The Kier molecular flexibility index (Phi) is 2.66. The maximum absolute atomic E-state index is 7.55. The lowest BCUT2D eigenvalue weighted by molar-refractivity contribution is 0.464. The Morgan fingerprint density at radius 1 is 1.44 bits per heavy atom. The highest BCUT2D eigenvalue weighted by atomic mass is 16.4. The summed E-state index contributed by atoms with van der Waals surface area (Å²) < 4.78 is 5.74. The molecule has 2 aromatic rings. The van der Waals surface area contributed by atoms with Crippen molar-refractivity contribution in [3.05, 3.63) is 24.3 Å². The van der Waals surface area contributed by atoms with E-state index in [9.17, 15) is 0 Å². The summed E-state index contributed by atoms with van der Waals surface area (Å²) in [6.45, 7) is 1.64. The molecule has 1 aliphatic heterocycles. The van der Waals surface area contributed by atoms with E-state index in [0.717, 1.165) is 37.0 Å². The topological polar surface area (TPSA) is 79.1 Å². The quantitative estimate of drug-likeness (QED) is 0.625. The van der Waals surface area contributed by atoms with Gasteiger partial charge in [-0.15, -0.1) is 0 Å². The molecular formula is C13H16N4O. The fourth-order valence-electron chi connectivity index (χ4n) is 2.40. The van der Waals surface area contributed by atoms with Crippen LogP contribution in [0.1, 0.15) is 12.8 Å². The fraction of sp³-hybridized carbons (Fsp3) is 0.385. The first kappa shape index (κ1) is 11.1. The third kappa shape index (κ3) is 1.92. The van der Waals surface area contributed by atoms with Crippen LogP contribution in [0.25, 0.3) is 11.1 Å². The molecule has 1 aliphatic rings. The maximum Gasteiger partial charge on any atom is 0.298 e. The summed E-state index contributed by atoms with van der Waals surface area (Å²) in [6.07, 6.45) is 2.00. The highest BCUT2D eigenvalue weighted by Crippen LogP contribution is 2.26. The molecule has 1 aromatic carbocycles. The molecule has 1 atom stereocenters. The SMILES string of the molecule is N=C(N)C1CCCN(c2nc3ccccc3o2)C1. The van der Waals surface area contributed by atoms with Crippen molar-refractivity contribution in [1.82, 2.24) is 4.98 Å². The van der Waals surface area contributed by atoms with Crippen molar-refractivity contribution in [2.24, 2.45) is 11.7 Å². The normalized spacial score (nSPS) is 20.2. The number of amidine groups is 1. The average molecular weight is 244 g/mol. The summed E-state index contributed by atoms with van der Waals surface area (Å²) in [5.74, 6) is 0.379. The first-order valence-corrected chi connectivity index (χ1v) is 6.18. The molecule has 0 spiro atoms. The Bertz CT molecular complexity index is 544. The number of piperidine rings is 1. The average Bonchev–Trinajstić information content (AvgIpc) is 2.82. The first-order valence-electron chi connectivity index (χ1n) is 6.18. The number of oxazole rings is 1. The van der Waals surface area contributed by atoms with E-state index < -0.39 is 0 Å². The van der Waals surface area contributed by atoms with Crippen molar-refractivity contribution >= 4 is 22.9 Å². The molecule has 18 heavy (non-hydrogen) atoms. The second-order valence-electron chi connectivity index (χ2n) is 4.70. The molecule has 0 amide bonds. The third-order valence-corrected chi connectivity index (χ3v) is 3.41. The standard InChI is InChI=1S/C13H16N4O/c14-12(15)9-4-3-7-17(8-9)13-16-10-5-1-2-6-11(10)18-13/h1-2,5-6,9H,3-4,7-8H2,(H3,14,15). The summed E-state index contributed by atoms with van der Waals surface area (Å²) in [5.41, 5.74) is 7.26. The highest BCUT2D eigenvalue weighted by Gasteiger charge is 2.25.